The Bertz CT molecular complexity index is 268. The number of halogens is 2. The topological polar surface area (TPSA) is 12.9 Å². The molecule has 1 nitrogen and oxygen atoms in total. The fourth-order valence-corrected chi connectivity index (χ4v) is 2.17. The number of thioether (sulfide) groups is 1. The second kappa shape index (κ2) is 5.74. The maximum atomic E-state index is 5.93. The molecular formula is C9H11Cl2NS. The molecule has 0 fully saturated rings. The van der Waals surface area contributed by atoms with Crippen LogP contribution >= 0.6 is 35.0 Å². The molecule has 0 N–H and O–H groups in total. The lowest BCUT2D eigenvalue weighted by Crippen LogP contribution is -1.99. The fourth-order valence-electron chi connectivity index (χ4n) is 0.743. The van der Waals surface area contributed by atoms with E-state index in [1.165, 1.54) is 0 Å². The lowest BCUT2D eigenvalue weighted by atomic mass is 10.3. The Kier molecular flexibility index (Phi) is 4.92. The minimum atomic E-state index is 0.490. The molecule has 1 aromatic heterocycles. The van der Waals surface area contributed by atoms with Crippen LogP contribution in [0.4, 0.5) is 0 Å². The zero-order valence-electron chi connectivity index (χ0n) is 7.34. The van der Waals surface area contributed by atoms with Gasteiger partial charge in [0, 0.05) is 17.8 Å². The Morgan fingerprint density at radius 1 is 1.62 bits per heavy atom. The smallest absolute Gasteiger partial charge is 0.115 e. The van der Waals surface area contributed by atoms with Gasteiger partial charge in [0.1, 0.15) is 5.03 Å². The highest BCUT2D eigenvalue weighted by atomic mass is 35.5. The fraction of sp³-hybridized carbons (Fsp3) is 0.444. The lowest BCUT2D eigenvalue weighted by molar-refractivity contribution is 0.758. The molecule has 13 heavy (non-hydrogen) atoms. The summed E-state index contributed by atoms with van der Waals surface area (Å²) in [7, 11) is 0. The van der Waals surface area contributed by atoms with Gasteiger partial charge in [0.05, 0.1) is 5.02 Å². The summed E-state index contributed by atoms with van der Waals surface area (Å²) in [5.74, 6) is 2.13. The van der Waals surface area contributed by atoms with E-state index in [2.05, 4.69) is 11.9 Å². The largest absolute Gasteiger partial charge is 0.248 e. The molecule has 1 unspecified atom stereocenters. The molecule has 0 bridgehead atoms. The number of alkyl halides is 1. The second-order valence-corrected chi connectivity index (χ2v) is 4.59. The van der Waals surface area contributed by atoms with Crippen molar-refractivity contribution in [3.05, 3.63) is 23.4 Å². The van der Waals surface area contributed by atoms with Crippen molar-refractivity contribution >= 4 is 35.0 Å². The highest BCUT2D eigenvalue weighted by Crippen LogP contribution is 2.25. The predicted molar refractivity (Wildman–Crippen MR) is 59.9 cm³/mol. The van der Waals surface area contributed by atoms with Crippen LogP contribution in [0.1, 0.15) is 6.92 Å². The van der Waals surface area contributed by atoms with E-state index >= 15 is 0 Å². The van der Waals surface area contributed by atoms with Gasteiger partial charge in [-0.1, -0.05) is 18.5 Å². The molecule has 72 valence electrons. The van der Waals surface area contributed by atoms with E-state index in [-0.39, 0.29) is 0 Å². The highest BCUT2D eigenvalue weighted by molar-refractivity contribution is 7.99. The Morgan fingerprint density at radius 3 is 3.00 bits per heavy atom. The first-order valence-electron chi connectivity index (χ1n) is 4.03. The quantitative estimate of drug-likeness (QED) is 0.584. The predicted octanol–water partition coefficient (Wildman–Crippen LogP) is 3.70. The van der Waals surface area contributed by atoms with Crippen molar-refractivity contribution < 1.29 is 0 Å². The summed E-state index contributed by atoms with van der Waals surface area (Å²) in [4.78, 5) is 4.17. The van der Waals surface area contributed by atoms with Crippen LogP contribution in [0.25, 0.3) is 0 Å². The van der Waals surface area contributed by atoms with E-state index in [1.807, 2.05) is 12.1 Å². The van der Waals surface area contributed by atoms with Gasteiger partial charge < -0.3 is 0 Å². The summed E-state index contributed by atoms with van der Waals surface area (Å²) >= 11 is 13.3. The lowest BCUT2D eigenvalue weighted by Gasteiger charge is -2.06. The van der Waals surface area contributed by atoms with E-state index in [4.69, 9.17) is 23.2 Å². The van der Waals surface area contributed by atoms with Gasteiger partial charge in [0.15, 0.2) is 0 Å². The molecule has 0 aliphatic rings. The number of rotatable bonds is 4. The van der Waals surface area contributed by atoms with Gasteiger partial charge in [-0.3, -0.25) is 0 Å². The zero-order valence-corrected chi connectivity index (χ0v) is 9.66. The van der Waals surface area contributed by atoms with Crippen molar-refractivity contribution in [3.63, 3.8) is 0 Å². The summed E-state index contributed by atoms with van der Waals surface area (Å²) < 4.78 is 0. The summed E-state index contributed by atoms with van der Waals surface area (Å²) in [6, 6.07) is 3.68. The number of aromatic nitrogens is 1. The van der Waals surface area contributed by atoms with Crippen molar-refractivity contribution in [2.75, 3.05) is 11.6 Å². The van der Waals surface area contributed by atoms with Crippen LogP contribution in [-0.2, 0) is 0 Å². The average Bonchev–Trinajstić information content (AvgIpc) is 2.16. The Hall–Kier alpha value is 0.0800. The number of pyridine rings is 1. The molecule has 0 amide bonds. The van der Waals surface area contributed by atoms with E-state index in [9.17, 15) is 0 Å². The maximum absolute atomic E-state index is 5.93. The summed E-state index contributed by atoms with van der Waals surface area (Å²) in [6.07, 6.45) is 1.75. The Balaban J connectivity index is 2.50. The second-order valence-electron chi connectivity index (χ2n) is 2.86. The van der Waals surface area contributed by atoms with Crippen molar-refractivity contribution in [1.82, 2.24) is 4.98 Å². The number of hydrogen-bond acceptors (Lipinski definition) is 2. The minimum Gasteiger partial charge on any atom is -0.248 e. The monoisotopic (exact) mass is 235 g/mol. The summed E-state index contributed by atoms with van der Waals surface area (Å²) in [5.41, 5.74) is 0. The third-order valence-electron chi connectivity index (χ3n) is 1.49. The molecule has 0 aliphatic carbocycles. The van der Waals surface area contributed by atoms with Crippen LogP contribution in [-0.4, -0.2) is 16.6 Å². The summed E-state index contributed by atoms with van der Waals surface area (Å²) in [6.45, 7) is 2.11. The highest BCUT2D eigenvalue weighted by Gasteiger charge is 2.04. The third kappa shape index (κ3) is 3.75. The van der Waals surface area contributed by atoms with Gasteiger partial charge in [0.2, 0.25) is 0 Å². The van der Waals surface area contributed by atoms with Crippen LogP contribution in [0, 0.1) is 5.92 Å². The van der Waals surface area contributed by atoms with Crippen LogP contribution < -0.4 is 0 Å². The van der Waals surface area contributed by atoms with Crippen molar-refractivity contribution in [2.24, 2.45) is 5.92 Å². The van der Waals surface area contributed by atoms with E-state index in [1.54, 1.807) is 18.0 Å². The van der Waals surface area contributed by atoms with Gasteiger partial charge in [-0.05, 0) is 18.1 Å². The molecule has 1 aromatic rings. The molecule has 0 spiro atoms. The molecular weight excluding hydrogens is 225 g/mol. The van der Waals surface area contributed by atoms with Gasteiger partial charge in [-0.2, -0.15) is 0 Å². The van der Waals surface area contributed by atoms with Gasteiger partial charge in [-0.25, -0.2) is 4.98 Å². The van der Waals surface area contributed by atoms with Crippen molar-refractivity contribution in [2.45, 2.75) is 11.9 Å². The Morgan fingerprint density at radius 2 is 2.38 bits per heavy atom. The molecule has 4 heteroatoms. The van der Waals surface area contributed by atoms with Gasteiger partial charge in [0.25, 0.3) is 0 Å². The van der Waals surface area contributed by atoms with Gasteiger partial charge >= 0.3 is 0 Å². The molecule has 0 radical (unpaired) electrons. The van der Waals surface area contributed by atoms with Crippen LogP contribution in [0.5, 0.6) is 0 Å². The van der Waals surface area contributed by atoms with Crippen LogP contribution in [0.15, 0.2) is 23.4 Å². The first-order valence-corrected chi connectivity index (χ1v) is 5.93. The van der Waals surface area contributed by atoms with E-state index < -0.39 is 0 Å². The SMILES string of the molecule is CC(CCl)CSc1ncccc1Cl. The molecule has 0 aliphatic heterocycles. The molecule has 1 atom stereocenters. The van der Waals surface area contributed by atoms with Crippen molar-refractivity contribution in [3.8, 4) is 0 Å². The minimum absolute atomic E-state index is 0.490. The van der Waals surface area contributed by atoms with Crippen LogP contribution in [0.2, 0.25) is 5.02 Å². The molecule has 0 saturated heterocycles. The first-order chi connectivity index (χ1) is 6.24. The standard InChI is InChI=1S/C9H11Cl2NS/c1-7(5-10)6-13-9-8(11)3-2-4-12-9/h2-4,7H,5-6H2,1H3. The molecule has 1 rings (SSSR count). The third-order valence-corrected chi connectivity index (χ3v) is 3.77. The van der Waals surface area contributed by atoms with Gasteiger partial charge in [-0.15, -0.1) is 23.4 Å². The van der Waals surface area contributed by atoms with Crippen LogP contribution in [0.3, 0.4) is 0 Å². The Labute approximate surface area is 92.8 Å². The van der Waals surface area contributed by atoms with E-state index in [0.717, 1.165) is 10.8 Å². The maximum Gasteiger partial charge on any atom is 0.115 e. The van der Waals surface area contributed by atoms with Crippen molar-refractivity contribution in [1.29, 1.82) is 0 Å². The molecule has 0 saturated carbocycles. The first kappa shape index (κ1) is 11.2. The molecule has 1 heterocycles. The zero-order chi connectivity index (χ0) is 9.68. The number of nitrogens with zero attached hydrogens (tertiary/aromatic N) is 1. The van der Waals surface area contributed by atoms with E-state index in [0.29, 0.717) is 16.8 Å². The molecule has 0 aromatic carbocycles. The normalized spacial score (nSPS) is 12.8. The number of hydrogen-bond donors (Lipinski definition) is 0. The summed E-state index contributed by atoms with van der Waals surface area (Å²) in [5, 5.41) is 1.61. The average molecular weight is 236 g/mol.